The summed E-state index contributed by atoms with van der Waals surface area (Å²) in [4.78, 5) is 19.4. The molecule has 0 aliphatic rings. The van der Waals surface area contributed by atoms with Gasteiger partial charge in [0.2, 0.25) is 0 Å². The van der Waals surface area contributed by atoms with Crippen molar-refractivity contribution in [2.75, 3.05) is 26.1 Å². The highest BCUT2D eigenvalue weighted by atomic mass is 16.5. The summed E-state index contributed by atoms with van der Waals surface area (Å²) < 4.78 is 9.73. The second-order valence-corrected chi connectivity index (χ2v) is 4.23. The van der Waals surface area contributed by atoms with Crippen molar-refractivity contribution in [3.05, 3.63) is 18.1 Å². The summed E-state index contributed by atoms with van der Waals surface area (Å²) in [5.41, 5.74) is 0.183. The Labute approximate surface area is 107 Å². The summed E-state index contributed by atoms with van der Waals surface area (Å²) in [6, 6.07) is 0.109. The van der Waals surface area contributed by atoms with E-state index in [1.165, 1.54) is 13.3 Å². The monoisotopic (exact) mass is 253 g/mol. The molecule has 0 saturated carbocycles. The molecular weight excluding hydrogens is 234 g/mol. The summed E-state index contributed by atoms with van der Waals surface area (Å²) in [6.07, 6.45) is 2.94. The van der Waals surface area contributed by atoms with Crippen molar-refractivity contribution in [1.82, 2.24) is 9.97 Å². The molecule has 0 radical (unpaired) electrons. The van der Waals surface area contributed by atoms with E-state index in [2.05, 4.69) is 33.9 Å². The van der Waals surface area contributed by atoms with Crippen molar-refractivity contribution in [3.63, 3.8) is 0 Å². The molecule has 1 aromatic rings. The van der Waals surface area contributed by atoms with Crippen LogP contribution in [0.25, 0.3) is 0 Å². The van der Waals surface area contributed by atoms with E-state index in [1.54, 1.807) is 13.3 Å². The van der Waals surface area contributed by atoms with Crippen molar-refractivity contribution in [2.45, 2.75) is 19.9 Å². The third-order valence-electron chi connectivity index (χ3n) is 2.51. The molecular formula is C12H19N3O3. The van der Waals surface area contributed by atoms with E-state index < -0.39 is 5.97 Å². The zero-order valence-corrected chi connectivity index (χ0v) is 11.1. The number of aromatic nitrogens is 2. The lowest BCUT2D eigenvalue weighted by molar-refractivity contribution is 0.0593. The summed E-state index contributed by atoms with van der Waals surface area (Å²) in [7, 11) is 2.96. The van der Waals surface area contributed by atoms with Crippen LogP contribution >= 0.6 is 0 Å². The second-order valence-electron chi connectivity index (χ2n) is 4.23. The van der Waals surface area contributed by atoms with Crippen LogP contribution in [0.5, 0.6) is 0 Å². The number of rotatable bonds is 6. The maximum absolute atomic E-state index is 11.3. The molecule has 18 heavy (non-hydrogen) atoms. The predicted octanol–water partition coefficient (Wildman–Crippen LogP) is 1.35. The molecule has 1 unspecified atom stereocenters. The maximum Gasteiger partial charge on any atom is 0.358 e. The number of anilines is 1. The van der Waals surface area contributed by atoms with Gasteiger partial charge in [-0.15, -0.1) is 0 Å². The predicted molar refractivity (Wildman–Crippen MR) is 67.5 cm³/mol. The highest BCUT2D eigenvalue weighted by Crippen LogP contribution is 2.10. The third-order valence-corrected chi connectivity index (χ3v) is 2.51. The summed E-state index contributed by atoms with van der Waals surface area (Å²) in [5, 5.41) is 3.19. The fourth-order valence-electron chi connectivity index (χ4n) is 1.41. The Morgan fingerprint density at radius 3 is 2.67 bits per heavy atom. The Kier molecular flexibility index (Phi) is 5.51. The Bertz CT molecular complexity index is 396. The number of methoxy groups -OCH3 is 2. The molecule has 0 amide bonds. The van der Waals surface area contributed by atoms with E-state index in [9.17, 15) is 4.79 Å². The molecule has 0 saturated heterocycles. The van der Waals surface area contributed by atoms with Gasteiger partial charge in [-0.1, -0.05) is 13.8 Å². The molecule has 0 aromatic carbocycles. The molecule has 6 nitrogen and oxygen atoms in total. The molecule has 1 N–H and O–H groups in total. The van der Waals surface area contributed by atoms with E-state index in [1.807, 2.05) is 0 Å². The molecule has 0 spiro atoms. The van der Waals surface area contributed by atoms with Crippen molar-refractivity contribution in [1.29, 1.82) is 0 Å². The minimum atomic E-state index is -0.501. The number of ether oxygens (including phenoxy) is 2. The SMILES string of the molecule is COCC(Nc1cncc(C(=O)OC)n1)C(C)C. The lowest BCUT2D eigenvalue weighted by Gasteiger charge is -2.21. The average Bonchev–Trinajstić information content (AvgIpc) is 2.37. The van der Waals surface area contributed by atoms with Gasteiger partial charge in [0.05, 0.1) is 32.2 Å². The maximum atomic E-state index is 11.3. The van der Waals surface area contributed by atoms with Gasteiger partial charge in [0, 0.05) is 7.11 Å². The number of carbonyl (C=O) groups excluding carboxylic acids is 1. The molecule has 0 bridgehead atoms. The van der Waals surface area contributed by atoms with Gasteiger partial charge in [0.15, 0.2) is 5.69 Å². The van der Waals surface area contributed by atoms with Gasteiger partial charge in [-0.3, -0.25) is 4.98 Å². The van der Waals surface area contributed by atoms with Crippen molar-refractivity contribution >= 4 is 11.8 Å². The number of esters is 1. The van der Waals surface area contributed by atoms with Gasteiger partial charge < -0.3 is 14.8 Å². The van der Waals surface area contributed by atoms with Crippen LogP contribution in [-0.4, -0.2) is 42.8 Å². The highest BCUT2D eigenvalue weighted by molar-refractivity contribution is 5.87. The molecule has 1 aromatic heterocycles. The zero-order chi connectivity index (χ0) is 13.5. The first-order valence-electron chi connectivity index (χ1n) is 5.74. The molecule has 6 heteroatoms. The van der Waals surface area contributed by atoms with E-state index in [0.29, 0.717) is 18.3 Å². The van der Waals surface area contributed by atoms with Gasteiger partial charge in [0.25, 0.3) is 0 Å². The van der Waals surface area contributed by atoms with Crippen LogP contribution in [0, 0.1) is 5.92 Å². The van der Waals surface area contributed by atoms with Gasteiger partial charge in [0.1, 0.15) is 5.82 Å². The molecule has 0 aliphatic carbocycles. The van der Waals surface area contributed by atoms with Gasteiger partial charge in [-0.2, -0.15) is 0 Å². The lowest BCUT2D eigenvalue weighted by Crippen LogP contribution is -2.31. The first-order valence-corrected chi connectivity index (χ1v) is 5.74. The van der Waals surface area contributed by atoms with Crippen molar-refractivity contribution in [3.8, 4) is 0 Å². The van der Waals surface area contributed by atoms with Gasteiger partial charge in [-0.25, -0.2) is 9.78 Å². The third kappa shape index (κ3) is 3.96. The molecule has 0 aliphatic heterocycles. The average molecular weight is 253 g/mol. The van der Waals surface area contributed by atoms with Crippen LogP contribution in [0.4, 0.5) is 5.82 Å². The van der Waals surface area contributed by atoms with Crippen LogP contribution in [-0.2, 0) is 9.47 Å². The Morgan fingerprint density at radius 1 is 1.39 bits per heavy atom. The van der Waals surface area contributed by atoms with E-state index in [4.69, 9.17) is 4.74 Å². The lowest BCUT2D eigenvalue weighted by atomic mass is 10.1. The highest BCUT2D eigenvalue weighted by Gasteiger charge is 2.15. The molecule has 0 fully saturated rings. The molecule has 100 valence electrons. The van der Waals surface area contributed by atoms with Crippen molar-refractivity contribution < 1.29 is 14.3 Å². The van der Waals surface area contributed by atoms with Crippen molar-refractivity contribution in [2.24, 2.45) is 5.92 Å². The summed E-state index contributed by atoms with van der Waals surface area (Å²) in [6.45, 7) is 4.71. The quantitative estimate of drug-likeness (QED) is 0.771. The van der Waals surface area contributed by atoms with Gasteiger partial charge in [-0.05, 0) is 5.92 Å². The first-order chi connectivity index (χ1) is 8.58. The molecule has 1 rings (SSSR count). The minimum Gasteiger partial charge on any atom is -0.464 e. The second kappa shape index (κ2) is 6.90. The Hall–Kier alpha value is -1.69. The number of nitrogens with zero attached hydrogens (tertiary/aromatic N) is 2. The minimum absolute atomic E-state index is 0.109. The fourth-order valence-corrected chi connectivity index (χ4v) is 1.41. The Morgan fingerprint density at radius 2 is 2.11 bits per heavy atom. The summed E-state index contributed by atoms with van der Waals surface area (Å²) in [5.74, 6) is 0.404. The number of hydrogen-bond acceptors (Lipinski definition) is 6. The summed E-state index contributed by atoms with van der Waals surface area (Å²) >= 11 is 0. The molecule has 1 heterocycles. The van der Waals surface area contributed by atoms with E-state index in [-0.39, 0.29) is 11.7 Å². The fraction of sp³-hybridized carbons (Fsp3) is 0.583. The molecule has 1 atom stereocenters. The van der Waals surface area contributed by atoms with Crippen LogP contribution in [0.3, 0.4) is 0 Å². The first kappa shape index (κ1) is 14.4. The number of nitrogens with one attached hydrogen (secondary N) is 1. The largest absolute Gasteiger partial charge is 0.464 e. The van der Waals surface area contributed by atoms with Crippen LogP contribution in [0.1, 0.15) is 24.3 Å². The Balaban J connectivity index is 2.80. The standard InChI is InChI=1S/C12H19N3O3/c1-8(2)10(7-17-3)15-11-6-13-5-9(14-11)12(16)18-4/h5-6,8,10H,7H2,1-4H3,(H,14,15). The van der Waals surface area contributed by atoms with Crippen LogP contribution in [0.15, 0.2) is 12.4 Å². The van der Waals surface area contributed by atoms with E-state index in [0.717, 1.165) is 0 Å². The van der Waals surface area contributed by atoms with Crippen LogP contribution in [0.2, 0.25) is 0 Å². The topological polar surface area (TPSA) is 73.3 Å². The van der Waals surface area contributed by atoms with E-state index >= 15 is 0 Å². The zero-order valence-electron chi connectivity index (χ0n) is 11.1. The number of hydrogen-bond donors (Lipinski definition) is 1. The van der Waals surface area contributed by atoms with Gasteiger partial charge >= 0.3 is 5.97 Å². The smallest absolute Gasteiger partial charge is 0.358 e. The van der Waals surface area contributed by atoms with Crippen LogP contribution < -0.4 is 5.32 Å². The number of carbonyl (C=O) groups is 1. The normalized spacial score (nSPS) is 12.3.